The molecule has 4 aromatic rings. The van der Waals surface area contributed by atoms with Crippen molar-refractivity contribution in [3.63, 3.8) is 0 Å². The highest BCUT2D eigenvalue weighted by Crippen LogP contribution is 2.32. The van der Waals surface area contributed by atoms with Crippen molar-refractivity contribution < 1.29 is 9.66 Å². The van der Waals surface area contributed by atoms with Crippen molar-refractivity contribution in [2.24, 2.45) is 0 Å². The van der Waals surface area contributed by atoms with E-state index in [1.807, 2.05) is 20.8 Å². The molecule has 1 unspecified atom stereocenters. The van der Waals surface area contributed by atoms with Crippen LogP contribution in [0.3, 0.4) is 0 Å². The fourth-order valence-electron chi connectivity index (χ4n) is 2.79. The van der Waals surface area contributed by atoms with Crippen molar-refractivity contribution in [2.75, 3.05) is 7.11 Å². The lowest BCUT2D eigenvalue weighted by Crippen LogP contribution is -2.09. The number of rotatable bonds is 4. The van der Waals surface area contributed by atoms with Crippen LogP contribution in [0.1, 0.15) is 29.2 Å². The Labute approximate surface area is 151 Å². The van der Waals surface area contributed by atoms with Crippen LogP contribution in [0.4, 0.5) is 5.69 Å². The van der Waals surface area contributed by atoms with Crippen LogP contribution in [-0.2, 0) is 0 Å². The molecular formula is C15H15N7O3S. The number of aromatic nitrogens is 6. The molecule has 0 amide bonds. The third-order valence-corrected chi connectivity index (χ3v) is 5.48. The fourth-order valence-corrected chi connectivity index (χ4v) is 3.78. The maximum Gasteiger partial charge on any atom is 0.350 e. The van der Waals surface area contributed by atoms with Gasteiger partial charge in [0, 0.05) is 4.88 Å². The zero-order valence-corrected chi connectivity index (χ0v) is 15.3. The van der Waals surface area contributed by atoms with Crippen LogP contribution in [0.25, 0.3) is 15.9 Å². The van der Waals surface area contributed by atoms with E-state index in [0.717, 1.165) is 15.8 Å². The maximum absolute atomic E-state index is 11.1. The van der Waals surface area contributed by atoms with Crippen LogP contribution in [0.5, 0.6) is 5.88 Å². The largest absolute Gasteiger partial charge is 0.475 e. The Hall–Kier alpha value is -3.08. The summed E-state index contributed by atoms with van der Waals surface area (Å²) in [6, 6.07) is -0.410. The minimum absolute atomic E-state index is 0.0426. The van der Waals surface area contributed by atoms with Crippen LogP contribution < -0.4 is 4.74 Å². The first kappa shape index (κ1) is 16.4. The molecule has 10 nitrogen and oxygen atoms in total. The van der Waals surface area contributed by atoms with Gasteiger partial charge in [-0.3, -0.25) is 14.8 Å². The Bertz CT molecular complexity index is 1160. The highest BCUT2D eigenvalue weighted by Gasteiger charge is 2.25. The number of hydrogen-bond donors (Lipinski definition) is 0. The van der Waals surface area contributed by atoms with E-state index in [0.29, 0.717) is 11.5 Å². The van der Waals surface area contributed by atoms with E-state index in [1.54, 1.807) is 22.2 Å². The van der Waals surface area contributed by atoms with Crippen molar-refractivity contribution >= 4 is 32.9 Å². The van der Waals surface area contributed by atoms with Gasteiger partial charge in [0.2, 0.25) is 0 Å². The molecule has 0 aliphatic rings. The Morgan fingerprint density at radius 2 is 2.12 bits per heavy atom. The second kappa shape index (κ2) is 5.73. The van der Waals surface area contributed by atoms with Gasteiger partial charge in [-0.05, 0) is 26.3 Å². The van der Waals surface area contributed by atoms with Gasteiger partial charge in [0.1, 0.15) is 23.4 Å². The normalized spacial score (nSPS) is 12.8. The topological polar surface area (TPSA) is 113 Å². The van der Waals surface area contributed by atoms with E-state index in [-0.39, 0.29) is 11.6 Å². The summed E-state index contributed by atoms with van der Waals surface area (Å²) in [4.78, 5) is 21.8. The predicted octanol–water partition coefficient (Wildman–Crippen LogP) is 2.68. The lowest BCUT2D eigenvalue weighted by Gasteiger charge is -2.06. The lowest BCUT2D eigenvalue weighted by atomic mass is 10.2. The van der Waals surface area contributed by atoms with E-state index in [2.05, 4.69) is 20.2 Å². The smallest absolute Gasteiger partial charge is 0.350 e. The number of thiophene rings is 1. The molecule has 4 heterocycles. The molecule has 0 aliphatic heterocycles. The Morgan fingerprint density at radius 1 is 1.35 bits per heavy atom. The number of fused-ring (bicyclic) bond motifs is 3. The summed E-state index contributed by atoms with van der Waals surface area (Å²) >= 11 is 1.62. The highest BCUT2D eigenvalue weighted by atomic mass is 32.1. The molecule has 0 bridgehead atoms. The predicted molar refractivity (Wildman–Crippen MR) is 94.9 cm³/mol. The van der Waals surface area contributed by atoms with Crippen LogP contribution in [0.2, 0.25) is 0 Å². The van der Waals surface area contributed by atoms with Crippen molar-refractivity contribution in [1.82, 2.24) is 29.4 Å². The second-order valence-electron chi connectivity index (χ2n) is 5.88. The molecule has 0 aromatic carbocycles. The first-order valence-electron chi connectivity index (χ1n) is 7.79. The summed E-state index contributed by atoms with van der Waals surface area (Å²) in [7, 11) is 1.34. The van der Waals surface area contributed by atoms with E-state index in [9.17, 15) is 10.1 Å². The van der Waals surface area contributed by atoms with Crippen molar-refractivity contribution in [1.29, 1.82) is 0 Å². The number of methoxy groups -OCH3 is 1. The molecule has 0 saturated heterocycles. The lowest BCUT2D eigenvalue weighted by molar-refractivity contribution is -0.385. The number of nitrogens with zero attached hydrogens (tertiary/aromatic N) is 7. The van der Waals surface area contributed by atoms with Gasteiger partial charge in [-0.15, -0.1) is 21.5 Å². The van der Waals surface area contributed by atoms with Crippen molar-refractivity contribution in [3.8, 4) is 5.88 Å². The van der Waals surface area contributed by atoms with Gasteiger partial charge in [-0.1, -0.05) is 0 Å². The average Bonchev–Trinajstić information content (AvgIpc) is 3.30. The van der Waals surface area contributed by atoms with Gasteiger partial charge in [0.25, 0.3) is 0 Å². The maximum atomic E-state index is 11.1. The summed E-state index contributed by atoms with van der Waals surface area (Å²) in [5.74, 6) is 0.446. The van der Waals surface area contributed by atoms with Gasteiger partial charge in [-0.25, -0.2) is 14.5 Å². The average molecular weight is 373 g/mol. The van der Waals surface area contributed by atoms with E-state index < -0.39 is 11.0 Å². The molecule has 0 spiro atoms. The van der Waals surface area contributed by atoms with Crippen molar-refractivity contribution in [2.45, 2.75) is 26.8 Å². The molecule has 0 radical (unpaired) electrons. The van der Waals surface area contributed by atoms with Gasteiger partial charge in [-0.2, -0.15) is 0 Å². The summed E-state index contributed by atoms with van der Waals surface area (Å²) in [6.45, 7) is 5.91. The summed E-state index contributed by atoms with van der Waals surface area (Å²) in [6.07, 6.45) is 2.95. The molecule has 26 heavy (non-hydrogen) atoms. The first-order chi connectivity index (χ1) is 12.4. The minimum atomic E-state index is -0.531. The molecular weight excluding hydrogens is 358 g/mol. The van der Waals surface area contributed by atoms with E-state index in [1.165, 1.54) is 22.9 Å². The Balaban J connectivity index is 1.84. The molecule has 0 fully saturated rings. The molecule has 134 valence electrons. The standard InChI is InChI=1S/C15H15N7O3S/c1-7-9(3)26-15-11(7)13-17-12(18-21(13)6-16-15)8(2)20-5-10(22(23)24)14(19-20)25-4/h5-6,8H,1-4H3. The van der Waals surface area contributed by atoms with Gasteiger partial charge < -0.3 is 4.74 Å². The molecule has 1 atom stereocenters. The van der Waals surface area contributed by atoms with Crippen LogP contribution in [0.15, 0.2) is 12.5 Å². The number of ether oxygens (including phenoxy) is 1. The summed E-state index contributed by atoms with van der Waals surface area (Å²) in [5.41, 5.74) is 1.65. The zero-order valence-electron chi connectivity index (χ0n) is 14.5. The quantitative estimate of drug-likeness (QED) is 0.399. The SMILES string of the molecule is COc1nn(C(C)c2nc3c4c(C)c(C)sc4ncn3n2)cc1[N+](=O)[O-]. The molecule has 0 saturated carbocycles. The highest BCUT2D eigenvalue weighted by molar-refractivity contribution is 7.18. The second-order valence-corrected chi connectivity index (χ2v) is 7.09. The van der Waals surface area contributed by atoms with E-state index >= 15 is 0 Å². The summed E-state index contributed by atoms with van der Waals surface area (Å²) in [5, 5.41) is 20.7. The monoisotopic (exact) mass is 373 g/mol. The Kier molecular flexibility index (Phi) is 3.61. The minimum Gasteiger partial charge on any atom is -0.475 e. The zero-order chi connectivity index (χ0) is 18.6. The molecule has 4 aromatic heterocycles. The van der Waals surface area contributed by atoms with Crippen LogP contribution >= 0.6 is 11.3 Å². The van der Waals surface area contributed by atoms with Crippen LogP contribution in [-0.4, -0.2) is 41.4 Å². The Morgan fingerprint density at radius 3 is 2.77 bits per heavy atom. The molecule has 0 N–H and O–H groups in total. The fraction of sp³-hybridized carbons (Fsp3) is 0.333. The number of hydrogen-bond acceptors (Lipinski definition) is 8. The van der Waals surface area contributed by atoms with E-state index in [4.69, 9.17) is 4.74 Å². The molecule has 0 aliphatic carbocycles. The molecule has 4 rings (SSSR count). The third-order valence-electron chi connectivity index (χ3n) is 4.36. The van der Waals surface area contributed by atoms with Crippen molar-refractivity contribution in [3.05, 3.63) is 38.9 Å². The van der Waals surface area contributed by atoms with Gasteiger partial charge >= 0.3 is 11.6 Å². The summed E-state index contributed by atoms with van der Waals surface area (Å²) < 4.78 is 8.04. The first-order valence-corrected chi connectivity index (χ1v) is 8.61. The third kappa shape index (κ3) is 2.31. The molecule has 11 heteroatoms. The number of nitro groups is 1. The number of aryl methyl sites for hydroxylation is 2. The van der Waals surface area contributed by atoms with Gasteiger partial charge in [0.05, 0.1) is 17.4 Å². The van der Waals surface area contributed by atoms with Crippen LogP contribution in [0, 0.1) is 24.0 Å². The van der Waals surface area contributed by atoms with Gasteiger partial charge in [0.15, 0.2) is 11.5 Å².